The van der Waals surface area contributed by atoms with Crippen LogP contribution in [0.2, 0.25) is 0 Å². The fourth-order valence-corrected chi connectivity index (χ4v) is 4.97. The predicted octanol–water partition coefficient (Wildman–Crippen LogP) is 4.01. The van der Waals surface area contributed by atoms with Gasteiger partial charge in [0.1, 0.15) is 23.1 Å². The summed E-state index contributed by atoms with van der Waals surface area (Å²) in [6, 6.07) is 12.4. The van der Waals surface area contributed by atoms with E-state index in [-0.39, 0.29) is 32.7 Å². The normalized spacial score (nSPS) is 15.8. The minimum Gasteiger partial charge on any atom is -0.440 e. The summed E-state index contributed by atoms with van der Waals surface area (Å²) in [6.07, 6.45) is 0. The lowest BCUT2D eigenvalue weighted by atomic mass is 9.83. The van der Waals surface area contributed by atoms with Gasteiger partial charge in [-0.1, -0.05) is 18.2 Å². The van der Waals surface area contributed by atoms with Crippen LogP contribution in [-0.2, 0) is 10.1 Å². The Morgan fingerprint density at radius 3 is 2.60 bits per heavy atom. The maximum atomic E-state index is 13.8. The van der Waals surface area contributed by atoms with E-state index in [0.29, 0.717) is 5.56 Å². The molecule has 1 atom stereocenters. The molecule has 1 unspecified atom stereocenters. The van der Waals surface area contributed by atoms with Crippen molar-refractivity contribution in [2.24, 2.45) is 5.73 Å². The van der Waals surface area contributed by atoms with Gasteiger partial charge in [0.15, 0.2) is 15.8 Å². The molecule has 0 saturated heterocycles. The van der Waals surface area contributed by atoms with Gasteiger partial charge in [-0.2, -0.15) is 13.7 Å². The van der Waals surface area contributed by atoms with Gasteiger partial charge < -0.3 is 14.7 Å². The molecule has 0 amide bonds. The fraction of sp³-hybridized carbons (Fsp3) is 0.0500. The second-order valence-corrected chi connectivity index (χ2v) is 8.99. The SMILES string of the molecule is N#CC1=C(N)Oc2cc(OS(=O)(=O)c3cccs3)ccc2C1c1ccc(F)c(F)c1. The Kier molecular flexibility index (Phi) is 4.93. The molecule has 0 spiro atoms. The number of hydrogen-bond acceptors (Lipinski definition) is 7. The van der Waals surface area contributed by atoms with Crippen LogP contribution in [0.5, 0.6) is 11.5 Å². The minimum absolute atomic E-state index is 0.0217. The van der Waals surface area contributed by atoms with Gasteiger partial charge in [-0.05, 0) is 35.2 Å². The van der Waals surface area contributed by atoms with Crippen molar-refractivity contribution in [1.29, 1.82) is 5.26 Å². The molecule has 1 aliphatic heterocycles. The van der Waals surface area contributed by atoms with E-state index in [9.17, 15) is 22.5 Å². The van der Waals surface area contributed by atoms with Gasteiger partial charge in [0, 0.05) is 11.6 Å². The van der Waals surface area contributed by atoms with Gasteiger partial charge in [-0.25, -0.2) is 8.78 Å². The molecule has 6 nitrogen and oxygen atoms in total. The number of hydrogen-bond donors (Lipinski definition) is 1. The van der Waals surface area contributed by atoms with Crippen molar-refractivity contribution in [3.05, 3.63) is 88.1 Å². The van der Waals surface area contributed by atoms with Crippen molar-refractivity contribution in [1.82, 2.24) is 0 Å². The van der Waals surface area contributed by atoms with Crippen molar-refractivity contribution in [3.63, 3.8) is 0 Å². The molecule has 0 fully saturated rings. The first kappa shape index (κ1) is 19.9. The predicted molar refractivity (Wildman–Crippen MR) is 104 cm³/mol. The molecular weight excluding hydrogens is 434 g/mol. The molecule has 1 aliphatic rings. The van der Waals surface area contributed by atoms with Crippen LogP contribution in [0.25, 0.3) is 0 Å². The molecule has 1 aromatic heterocycles. The number of nitriles is 1. The Hall–Kier alpha value is -3.42. The van der Waals surface area contributed by atoms with E-state index >= 15 is 0 Å². The third-order valence-electron chi connectivity index (χ3n) is 4.41. The number of allylic oxidation sites excluding steroid dienone is 1. The molecule has 2 aromatic carbocycles. The van der Waals surface area contributed by atoms with E-state index in [2.05, 4.69) is 0 Å². The summed E-state index contributed by atoms with van der Waals surface area (Å²) in [4.78, 5) is 0. The molecular formula is C20H12F2N2O4S2. The van der Waals surface area contributed by atoms with Crippen LogP contribution in [0.3, 0.4) is 0 Å². The topological polar surface area (TPSA) is 102 Å². The lowest BCUT2D eigenvalue weighted by Gasteiger charge is -2.26. The van der Waals surface area contributed by atoms with Crippen molar-refractivity contribution < 1.29 is 26.1 Å². The first-order valence-electron chi connectivity index (χ1n) is 8.44. The summed E-state index contributed by atoms with van der Waals surface area (Å²) >= 11 is 1.01. The highest BCUT2D eigenvalue weighted by Crippen LogP contribution is 2.43. The second kappa shape index (κ2) is 7.44. The zero-order chi connectivity index (χ0) is 21.5. The smallest absolute Gasteiger partial charge is 0.348 e. The molecule has 4 rings (SSSR count). The Bertz CT molecular complexity index is 1310. The van der Waals surface area contributed by atoms with Gasteiger partial charge in [0.2, 0.25) is 5.88 Å². The molecule has 0 saturated carbocycles. The molecule has 152 valence electrons. The number of benzene rings is 2. The molecule has 0 bridgehead atoms. The van der Waals surface area contributed by atoms with E-state index in [1.807, 2.05) is 6.07 Å². The first-order valence-corrected chi connectivity index (χ1v) is 10.7. The van der Waals surface area contributed by atoms with Crippen molar-refractivity contribution in [3.8, 4) is 17.6 Å². The number of halogens is 2. The van der Waals surface area contributed by atoms with E-state index in [0.717, 1.165) is 23.5 Å². The van der Waals surface area contributed by atoms with Gasteiger partial charge in [-0.15, -0.1) is 11.3 Å². The number of fused-ring (bicyclic) bond motifs is 1. The van der Waals surface area contributed by atoms with Crippen LogP contribution in [0.1, 0.15) is 17.0 Å². The average molecular weight is 446 g/mol. The second-order valence-electron chi connectivity index (χ2n) is 6.27. The van der Waals surface area contributed by atoms with Gasteiger partial charge in [0.05, 0.1) is 5.92 Å². The lowest BCUT2D eigenvalue weighted by Crippen LogP contribution is -2.21. The van der Waals surface area contributed by atoms with Crippen LogP contribution >= 0.6 is 11.3 Å². The first-order chi connectivity index (χ1) is 14.3. The lowest BCUT2D eigenvalue weighted by molar-refractivity contribution is 0.391. The number of thiophene rings is 1. The average Bonchev–Trinajstić information content (AvgIpc) is 3.24. The summed E-state index contributed by atoms with van der Waals surface area (Å²) in [6.45, 7) is 0. The standard InChI is InChI=1S/C20H12F2N2O4S2/c21-15-6-3-11(8-16(15)22)19-13-5-4-12(9-17(13)27-20(24)14(19)10-23)28-30(25,26)18-2-1-7-29-18/h1-9,19H,24H2. The third kappa shape index (κ3) is 3.49. The van der Waals surface area contributed by atoms with E-state index in [1.165, 1.54) is 30.3 Å². The molecule has 3 aromatic rings. The maximum Gasteiger partial charge on any atom is 0.348 e. The highest BCUT2D eigenvalue weighted by molar-refractivity contribution is 7.89. The Morgan fingerprint density at radius 2 is 1.93 bits per heavy atom. The van der Waals surface area contributed by atoms with E-state index in [1.54, 1.807) is 11.4 Å². The summed E-state index contributed by atoms with van der Waals surface area (Å²) < 4.78 is 62.5. The monoisotopic (exact) mass is 446 g/mol. The van der Waals surface area contributed by atoms with Crippen LogP contribution in [0, 0.1) is 23.0 Å². The third-order valence-corrected chi connectivity index (χ3v) is 7.02. The Balaban J connectivity index is 1.77. The molecule has 10 heteroatoms. The molecule has 2 N–H and O–H groups in total. The van der Waals surface area contributed by atoms with Crippen LogP contribution in [0.4, 0.5) is 8.78 Å². The molecule has 0 radical (unpaired) electrons. The van der Waals surface area contributed by atoms with Crippen molar-refractivity contribution in [2.45, 2.75) is 10.1 Å². The van der Waals surface area contributed by atoms with E-state index < -0.39 is 27.7 Å². The highest BCUT2D eigenvalue weighted by atomic mass is 32.3. The van der Waals surface area contributed by atoms with Gasteiger partial charge in [-0.3, -0.25) is 0 Å². The number of nitrogens with zero attached hydrogens (tertiary/aromatic N) is 1. The van der Waals surface area contributed by atoms with Crippen molar-refractivity contribution in [2.75, 3.05) is 0 Å². The van der Waals surface area contributed by atoms with Gasteiger partial charge >= 0.3 is 10.1 Å². The van der Waals surface area contributed by atoms with Gasteiger partial charge in [0.25, 0.3) is 0 Å². The Labute approximate surface area is 174 Å². The summed E-state index contributed by atoms with van der Waals surface area (Å²) in [5.74, 6) is -3.03. The van der Waals surface area contributed by atoms with Crippen molar-refractivity contribution >= 4 is 21.5 Å². The number of rotatable bonds is 4. The van der Waals surface area contributed by atoms with Crippen LogP contribution in [-0.4, -0.2) is 8.42 Å². The quantitative estimate of drug-likeness (QED) is 0.608. The summed E-state index contributed by atoms with van der Waals surface area (Å²) in [5.41, 5.74) is 6.60. The summed E-state index contributed by atoms with van der Waals surface area (Å²) in [7, 11) is -4.03. The maximum absolute atomic E-state index is 13.8. The number of nitrogens with two attached hydrogens (primary N) is 1. The van der Waals surface area contributed by atoms with Crippen LogP contribution in [0.15, 0.2) is 69.6 Å². The van der Waals surface area contributed by atoms with E-state index in [4.69, 9.17) is 14.7 Å². The highest BCUT2D eigenvalue weighted by Gasteiger charge is 2.32. The zero-order valence-corrected chi connectivity index (χ0v) is 16.6. The Morgan fingerprint density at radius 1 is 1.13 bits per heavy atom. The fourth-order valence-electron chi connectivity index (χ4n) is 3.10. The molecule has 0 aliphatic carbocycles. The molecule has 2 heterocycles. The molecule has 30 heavy (non-hydrogen) atoms. The largest absolute Gasteiger partial charge is 0.440 e. The van der Waals surface area contributed by atoms with Crippen LogP contribution < -0.4 is 14.7 Å². The summed E-state index contributed by atoms with van der Waals surface area (Å²) in [5, 5.41) is 11.1. The zero-order valence-electron chi connectivity index (χ0n) is 15.0. The minimum atomic E-state index is -4.03. The number of ether oxygens (including phenoxy) is 1.